The first-order valence-corrected chi connectivity index (χ1v) is 19.5. The van der Waals surface area contributed by atoms with Gasteiger partial charge in [-0.2, -0.15) is 0 Å². The van der Waals surface area contributed by atoms with E-state index in [1.54, 1.807) is 0 Å². The van der Waals surface area contributed by atoms with Crippen molar-refractivity contribution < 1.29 is 4.42 Å². The molecule has 0 aliphatic carbocycles. The van der Waals surface area contributed by atoms with Crippen LogP contribution in [0.15, 0.2) is 205 Å². The number of thiophene rings is 1. The molecule has 0 saturated carbocycles. The maximum atomic E-state index is 6.18. The van der Waals surface area contributed by atoms with Crippen LogP contribution in [0.2, 0.25) is 0 Å². The van der Waals surface area contributed by atoms with Gasteiger partial charge >= 0.3 is 0 Å². The second-order valence-electron chi connectivity index (χ2n) is 14.1. The Balaban J connectivity index is 1.09. The Labute approximate surface area is 322 Å². The second-order valence-corrected chi connectivity index (χ2v) is 15.2. The molecule has 0 unspecified atom stereocenters. The van der Waals surface area contributed by atoms with Gasteiger partial charge in [-0.05, 0) is 111 Å². The predicted octanol–water partition coefficient (Wildman–Crippen LogP) is 15.6. The fraction of sp³-hybridized carbons (Fsp3) is 0. The Kier molecular flexibility index (Phi) is 7.39. The lowest BCUT2D eigenvalue weighted by molar-refractivity contribution is 0.669. The lowest BCUT2D eigenvalue weighted by Gasteiger charge is -2.29. The van der Waals surface area contributed by atoms with Gasteiger partial charge in [-0.25, -0.2) is 0 Å². The van der Waals surface area contributed by atoms with Gasteiger partial charge in [0.05, 0.1) is 5.69 Å². The molecule has 9 aromatic carbocycles. The second kappa shape index (κ2) is 12.9. The highest BCUT2D eigenvalue weighted by atomic mass is 32.1. The Morgan fingerprint density at radius 3 is 1.78 bits per heavy atom. The standard InChI is InChI=1S/C52H33NOS/c1-2-12-35-29-40(24-23-34(35)11-1)43-17-3-6-20-48(43)53(41-15-9-13-36(30-41)38-25-27-50-46(32-38)44-18-4-7-21-49(44)54-50)42-16-10-14-37(31-42)39-26-28-52-47(33-39)45-19-5-8-22-51(45)55-52/h1-33H. The maximum absolute atomic E-state index is 6.18. The molecule has 0 aliphatic rings. The quantitative estimate of drug-likeness (QED) is 0.170. The summed E-state index contributed by atoms with van der Waals surface area (Å²) in [6.45, 7) is 0. The monoisotopic (exact) mass is 719 g/mol. The summed E-state index contributed by atoms with van der Waals surface area (Å²) in [6.07, 6.45) is 0. The number of anilines is 3. The molecular formula is C52H33NOS. The summed E-state index contributed by atoms with van der Waals surface area (Å²) in [6, 6.07) is 72.5. The first-order chi connectivity index (χ1) is 27.2. The highest BCUT2D eigenvalue weighted by Gasteiger charge is 2.19. The van der Waals surface area contributed by atoms with Gasteiger partial charge in [-0.3, -0.25) is 0 Å². The number of nitrogens with zero attached hydrogens (tertiary/aromatic N) is 1. The molecule has 0 spiro atoms. The van der Waals surface area contributed by atoms with Crippen LogP contribution in [0, 0.1) is 0 Å². The van der Waals surface area contributed by atoms with Crippen molar-refractivity contribution in [2.45, 2.75) is 0 Å². The normalized spacial score (nSPS) is 11.6. The molecule has 258 valence electrons. The smallest absolute Gasteiger partial charge is 0.135 e. The third-order valence-electron chi connectivity index (χ3n) is 10.8. The number of rotatable bonds is 6. The summed E-state index contributed by atoms with van der Waals surface area (Å²) < 4.78 is 8.81. The zero-order chi connectivity index (χ0) is 36.3. The van der Waals surface area contributed by atoms with Gasteiger partial charge in [0.2, 0.25) is 0 Å². The average Bonchev–Trinajstić information content (AvgIpc) is 3.82. The van der Waals surface area contributed by atoms with E-state index in [2.05, 4.69) is 193 Å². The number of fused-ring (bicyclic) bond motifs is 7. The zero-order valence-corrected chi connectivity index (χ0v) is 30.6. The average molecular weight is 720 g/mol. The molecule has 0 N–H and O–H groups in total. The first kappa shape index (κ1) is 31.6. The van der Waals surface area contributed by atoms with Crippen molar-refractivity contribution in [3.8, 4) is 33.4 Å². The van der Waals surface area contributed by atoms with Crippen LogP contribution in [-0.2, 0) is 0 Å². The fourth-order valence-corrected chi connectivity index (χ4v) is 9.24. The SMILES string of the molecule is c1cc(-c2ccc3oc4ccccc4c3c2)cc(N(c2cccc(-c3ccc4sc5ccccc5c4c3)c2)c2ccccc2-c2ccc3ccccc3c2)c1. The molecule has 55 heavy (non-hydrogen) atoms. The third-order valence-corrected chi connectivity index (χ3v) is 12.0. The Morgan fingerprint density at radius 1 is 0.345 bits per heavy atom. The van der Waals surface area contributed by atoms with Crippen LogP contribution < -0.4 is 4.90 Å². The van der Waals surface area contributed by atoms with E-state index < -0.39 is 0 Å². The third kappa shape index (κ3) is 5.48. The number of hydrogen-bond acceptors (Lipinski definition) is 3. The van der Waals surface area contributed by atoms with E-state index in [1.165, 1.54) is 53.2 Å². The van der Waals surface area contributed by atoms with Crippen molar-refractivity contribution in [2.75, 3.05) is 4.90 Å². The highest BCUT2D eigenvalue weighted by Crippen LogP contribution is 2.44. The number of para-hydroxylation sites is 2. The molecule has 0 amide bonds. The summed E-state index contributed by atoms with van der Waals surface area (Å²) in [7, 11) is 0. The van der Waals surface area contributed by atoms with Gasteiger partial charge in [-0.1, -0.05) is 127 Å². The number of hydrogen-bond donors (Lipinski definition) is 0. The molecule has 2 aromatic heterocycles. The van der Waals surface area contributed by atoms with Gasteiger partial charge in [0.1, 0.15) is 11.2 Å². The minimum atomic E-state index is 0.900. The molecular weight excluding hydrogens is 687 g/mol. The summed E-state index contributed by atoms with van der Waals surface area (Å²) in [5.41, 5.74) is 12.1. The number of benzene rings is 9. The zero-order valence-electron chi connectivity index (χ0n) is 29.8. The Hall–Kier alpha value is -6.94. The molecule has 0 fully saturated rings. The predicted molar refractivity (Wildman–Crippen MR) is 235 cm³/mol. The minimum Gasteiger partial charge on any atom is -0.456 e. The molecule has 11 rings (SSSR count). The van der Waals surface area contributed by atoms with Gasteiger partial charge in [0, 0.05) is 47.9 Å². The van der Waals surface area contributed by atoms with Crippen LogP contribution in [0.4, 0.5) is 17.1 Å². The van der Waals surface area contributed by atoms with Crippen molar-refractivity contribution in [3.05, 3.63) is 200 Å². The topological polar surface area (TPSA) is 16.4 Å². The fourth-order valence-electron chi connectivity index (χ4n) is 8.16. The van der Waals surface area contributed by atoms with Gasteiger partial charge in [0.25, 0.3) is 0 Å². The van der Waals surface area contributed by atoms with E-state index in [0.717, 1.165) is 50.1 Å². The number of furan rings is 1. The van der Waals surface area contributed by atoms with Crippen LogP contribution in [-0.4, -0.2) is 0 Å². The van der Waals surface area contributed by atoms with Gasteiger partial charge in [0.15, 0.2) is 0 Å². The molecule has 11 aromatic rings. The molecule has 0 saturated heterocycles. The molecule has 2 heterocycles. The van der Waals surface area contributed by atoms with Crippen LogP contribution in [0.5, 0.6) is 0 Å². The summed E-state index contributed by atoms with van der Waals surface area (Å²) in [5, 5.41) is 7.33. The molecule has 0 atom stereocenters. The van der Waals surface area contributed by atoms with E-state index >= 15 is 0 Å². The van der Waals surface area contributed by atoms with Crippen molar-refractivity contribution in [1.29, 1.82) is 0 Å². The van der Waals surface area contributed by atoms with E-state index in [4.69, 9.17) is 4.42 Å². The summed E-state index contributed by atoms with van der Waals surface area (Å²) in [5.74, 6) is 0. The van der Waals surface area contributed by atoms with Crippen molar-refractivity contribution >= 4 is 81.3 Å². The van der Waals surface area contributed by atoms with Crippen LogP contribution in [0.1, 0.15) is 0 Å². The van der Waals surface area contributed by atoms with Crippen LogP contribution in [0.25, 0.3) is 86.3 Å². The largest absolute Gasteiger partial charge is 0.456 e. The van der Waals surface area contributed by atoms with Crippen LogP contribution >= 0.6 is 11.3 Å². The Morgan fingerprint density at radius 2 is 0.945 bits per heavy atom. The Bertz CT molecular complexity index is 3080. The van der Waals surface area contributed by atoms with Crippen molar-refractivity contribution in [3.63, 3.8) is 0 Å². The molecule has 0 bridgehead atoms. The lowest BCUT2D eigenvalue weighted by Crippen LogP contribution is -2.11. The highest BCUT2D eigenvalue weighted by molar-refractivity contribution is 7.25. The maximum Gasteiger partial charge on any atom is 0.135 e. The van der Waals surface area contributed by atoms with E-state index in [0.29, 0.717) is 0 Å². The summed E-state index contributed by atoms with van der Waals surface area (Å²) >= 11 is 1.86. The van der Waals surface area contributed by atoms with Crippen LogP contribution in [0.3, 0.4) is 0 Å². The van der Waals surface area contributed by atoms with Gasteiger partial charge in [-0.15, -0.1) is 11.3 Å². The summed E-state index contributed by atoms with van der Waals surface area (Å²) in [4.78, 5) is 2.42. The molecule has 0 aliphatic heterocycles. The van der Waals surface area contributed by atoms with Crippen molar-refractivity contribution in [2.24, 2.45) is 0 Å². The van der Waals surface area contributed by atoms with E-state index in [1.807, 2.05) is 23.5 Å². The molecule has 3 heteroatoms. The first-order valence-electron chi connectivity index (χ1n) is 18.7. The lowest BCUT2D eigenvalue weighted by atomic mass is 9.97. The molecule has 0 radical (unpaired) electrons. The van der Waals surface area contributed by atoms with E-state index in [9.17, 15) is 0 Å². The van der Waals surface area contributed by atoms with Crippen molar-refractivity contribution in [1.82, 2.24) is 0 Å². The van der Waals surface area contributed by atoms with Gasteiger partial charge < -0.3 is 9.32 Å². The minimum absolute atomic E-state index is 0.900. The molecule has 2 nitrogen and oxygen atoms in total. The van der Waals surface area contributed by atoms with E-state index in [-0.39, 0.29) is 0 Å².